The average molecular weight is 252 g/mol. The van der Waals surface area contributed by atoms with Gasteiger partial charge < -0.3 is 15.7 Å². The second-order valence-corrected chi connectivity index (χ2v) is 5.13. The minimum Gasteiger partial charge on any atom is -0.396 e. The average Bonchev–Trinajstić information content (AvgIpc) is 2.29. The van der Waals surface area contributed by atoms with E-state index in [2.05, 4.69) is 27.5 Å². The van der Waals surface area contributed by atoms with Crippen LogP contribution in [0.1, 0.15) is 39.2 Å². The first-order valence-corrected chi connectivity index (χ1v) is 6.45. The minimum absolute atomic E-state index is 0.158. The van der Waals surface area contributed by atoms with Crippen molar-refractivity contribution >= 4 is 11.8 Å². The fourth-order valence-electron chi connectivity index (χ4n) is 1.55. The highest BCUT2D eigenvalue weighted by atomic mass is 16.3. The van der Waals surface area contributed by atoms with Gasteiger partial charge in [-0.05, 0) is 33.6 Å². The van der Waals surface area contributed by atoms with E-state index in [-0.39, 0.29) is 12.1 Å². The molecule has 0 bridgehead atoms. The van der Waals surface area contributed by atoms with E-state index in [1.165, 1.54) is 0 Å². The highest BCUT2D eigenvalue weighted by Crippen LogP contribution is 2.20. The van der Waals surface area contributed by atoms with E-state index >= 15 is 0 Å². The van der Waals surface area contributed by atoms with Gasteiger partial charge in [0.2, 0.25) is 5.95 Å². The van der Waals surface area contributed by atoms with Crippen LogP contribution in [0.15, 0.2) is 6.20 Å². The number of nitrogens with one attached hydrogen (secondary N) is 2. The van der Waals surface area contributed by atoms with Gasteiger partial charge in [0.1, 0.15) is 5.82 Å². The normalized spacial score (nSPS) is 11.4. The van der Waals surface area contributed by atoms with Gasteiger partial charge in [-0.15, -0.1) is 0 Å². The molecule has 1 aromatic heterocycles. The quantitative estimate of drug-likeness (QED) is 0.694. The Bertz CT molecular complexity index is 379. The van der Waals surface area contributed by atoms with Crippen LogP contribution in [0.2, 0.25) is 0 Å². The first-order valence-electron chi connectivity index (χ1n) is 6.45. The lowest BCUT2D eigenvalue weighted by Gasteiger charge is -2.27. The molecule has 5 heteroatoms. The van der Waals surface area contributed by atoms with Crippen LogP contribution in [-0.4, -0.2) is 33.8 Å². The van der Waals surface area contributed by atoms with E-state index in [1.807, 2.05) is 27.0 Å². The van der Waals surface area contributed by atoms with Crippen LogP contribution in [0, 0.1) is 6.92 Å². The Balaban J connectivity index is 2.80. The molecular formula is C13H24N4O. The number of aliphatic hydroxyl groups is 1. The lowest BCUT2D eigenvalue weighted by atomic mass is 10.0. The zero-order chi connectivity index (χ0) is 13.6. The summed E-state index contributed by atoms with van der Waals surface area (Å²) in [7, 11) is 0. The van der Waals surface area contributed by atoms with Crippen molar-refractivity contribution in [1.29, 1.82) is 0 Å². The molecule has 1 rings (SSSR count). The maximum Gasteiger partial charge on any atom is 0.224 e. The Hall–Kier alpha value is -1.36. The number of aryl methyl sites for hydroxylation is 1. The van der Waals surface area contributed by atoms with Crippen molar-refractivity contribution in [3.05, 3.63) is 11.8 Å². The van der Waals surface area contributed by atoms with E-state index < -0.39 is 0 Å². The summed E-state index contributed by atoms with van der Waals surface area (Å²) in [4.78, 5) is 8.70. The molecule has 0 saturated heterocycles. The second kappa shape index (κ2) is 6.54. The summed E-state index contributed by atoms with van der Waals surface area (Å²) < 4.78 is 0. The van der Waals surface area contributed by atoms with Crippen LogP contribution in [0.5, 0.6) is 0 Å². The maximum absolute atomic E-state index is 9.03. The van der Waals surface area contributed by atoms with Gasteiger partial charge in [0.25, 0.3) is 0 Å². The smallest absolute Gasteiger partial charge is 0.224 e. The molecule has 0 aliphatic heterocycles. The number of hydrogen-bond donors (Lipinski definition) is 3. The number of anilines is 2. The standard InChI is InChI=1S/C13H24N4O/c1-5-7-14-12-15-9-10(2)11(16-12)17-13(3,4)6-8-18/h9,18H,5-8H2,1-4H3,(H2,14,15,16,17). The summed E-state index contributed by atoms with van der Waals surface area (Å²) in [5.41, 5.74) is 0.818. The molecule has 3 N–H and O–H groups in total. The number of rotatable bonds is 7. The third-order valence-corrected chi connectivity index (χ3v) is 2.70. The van der Waals surface area contributed by atoms with Crippen molar-refractivity contribution in [3.8, 4) is 0 Å². The molecular weight excluding hydrogens is 228 g/mol. The zero-order valence-corrected chi connectivity index (χ0v) is 11.7. The fraction of sp³-hybridized carbons (Fsp3) is 0.692. The van der Waals surface area contributed by atoms with Crippen molar-refractivity contribution < 1.29 is 5.11 Å². The Morgan fingerprint density at radius 3 is 2.72 bits per heavy atom. The van der Waals surface area contributed by atoms with E-state index in [0.717, 1.165) is 24.3 Å². The highest BCUT2D eigenvalue weighted by Gasteiger charge is 2.18. The van der Waals surface area contributed by atoms with Gasteiger partial charge in [-0.2, -0.15) is 4.98 Å². The minimum atomic E-state index is -0.185. The van der Waals surface area contributed by atoms with Gasteiger partial charge in [0, 0.05) is 30.5 Å². The van der Waals surface area contributed by atoms with Gasteiger partial charge >= 0.3 is 0 Å². The lowest BCUT2D eigenvalue weighted by Crippen LogP contribution is -2.32. The largest absolute Gasteiger partial charge is 0.396 e. The van der Waals surface area contributed by atoms with Crippen LogP contribution >= 0.6 is 0 Å². The SMILES string of the molecule is CCCNc1ncc(C)c(NC(C)(C)CCO)n1. The molecule has 0 saturated carbocycles. The molecule has 1 aromatic rings. The monoisotopic (exact) mass is 252 g/mol. The van der Waals surface area contributed by atoms with Gasteiger partial charge in [0.05, 0.1) is 0 Å². The molecule has 0 fully saturated rings. The summed E-state index contributed by atoms with van der Waals surface area (Å²) in [6.07, 6.45) is 3.52. The summed E-state index contributed by atoms with van der Waals surface area (Å²) in [5.74, 6) is 1.46. The Kier molecular flexibility index (Phi) is 5.34. The lowest BCUT2D eigenvalue weighted by molar-refractivity contribution is 0.260. The topological polar surface area (TPSA) is 70.1 Å². The van der Waals surface area contributed by atoms with Crippen LogP contribution in [0.3, 0.4) is 0 Å². The predicted molar refractivity (Wildman–Crippen MR) is 75.0 cm³/mol. The zero-order valence-electron chi connectivity index (χ0n) is 11.7. The summed E-state index contributed by atoms with van der Waals surface area (Å²) in [6, 6.07) is 0. The molecule has 0 aliphatic rings. The van der Waals surface area contributed by atoms with E-state index in [4.69, 9.17) is 5.11 Å². The fourth-order valence-corrected chi connectivity index (χ4v) is 1.55. The van der Waals surface area contributed by atoms with Crippen LogP contribution < -0.4 is 10.6 Å². The van der Waals surface area contributed by atoms with E-state index in [1.54, 1.807) is 0 Å². The first kappa shape index (κ1) is 14.7. The molecule has 102 valence electrons. The number of nitrogens with zero attached hydrogens (tertiary/aromatic N) is 2. The van der Waals surface area contributed by atoms with Crippen molar-refractivity contribution in [1.82, 2.24) is 9.97 Å². The first-order chi connectivity index (χ1) is 8.48. The highest BCUT2D eigenvalue weighted by molar-refractivity contribution is 5.48. The number of hydrogen-bond acceptors (Lipinski definition) is 5. The molecule has 18 heavy (non-hydrogen) atoms. The Morgan fingerprint density at radius 1 is 1.39 bits per heavy atom. The molecule has 0 atom stereocenters. The van der Waals surface area contributed by atoms with Crippen molar-refractivity contribution in [3.63, 3.8) is 0 Å². The summed E-state index contributed by atoms with van der Waals surface area (Å²) >= 11 is 0. The molecule has 5 nitrogen and oxygen atoms in total. The van der Waals surface area contributed by atoms with Crippen LogP contribution in [0.25, 0.3) is 0 Å². The van der Waals surface area contributed by atoms with Crippen molar-refractivity contribution in [2.45, 2.75) is 46.1 Å². The Morgan fingerprint density at radius 2 is 2.11 bits per heavy atom. The third kappa shape index (κ3) is 4.49. The van der Waals surface area contributed by atoms with Crippen molar-refractivity contribution in [2.75, 3.05) is 23.8 Å². The third-order valence-electron chi connectivity index (χ3n) is 2.70. The number of aliphatic hydroxyl groups excluding tert-OH is 1. The second-order valence-electron chi connectivity index (χ2n) is 5.13. The summed E-state index contributed by atoms with van der Waals surface area (Å²) in [5, 5.41) is 15.6. The molecule has 0 unspecified atom stereocenters. The molecule has 0 radical (unpaired) electrons. The van der Waals surface area contributed by atoms with Gasteiger partial charge in [-0.25, -0.2) is 4.98 Å². The van der Waals surface area contributed by atoms with Gasteiger partial charge in [-0.3, -0.25) is 0 Å². The van der Waals surface area contributed by atoms with Gasteiger partial charge in [0.15, 0.2) is 0 Å². The number of aromatic nitrogens is 2. The Labute approximate surface area is 109 Å². The van der Waals surface area contributed by atoms with Crippen molar-refractivity contribution in [2.24, 2.45) is 0 Å². The van der Waals surface area contributed by atoms with Crippen LogP contribution in [0.4, 0.5) is 11.8 Å². The molecule has 1 heterocycles. The van der Waals surface area contributed by atoms with Gasteiger partial charge in [-0.1, -0.05) is 6.92 Å². The molecule has 0 aromatic carbocycles. The van der Waals surface area contributed by atoms with E-state index in [0.29, 0.717) is 12.4 Å². The van der Waals surface area contributed by atoms with E-state index in [9.17, 15) is 0 Å². The van der Waals surface area contributed by atoms with Crippen LogP contribution in [-0.2, 0) is 0 Å². The molecule has 0 spiro atoms. The molecule has 0 amide bonds. The maximum atomic E-state index is 9.03. The predicted octanol–water partition coefficient (Wildman–Crippen LogP) is 2.18. The molecule has 0 aliphatic carbocycles. The summed E-state index contributed by atoms with van der Waals surface area (Å²) in [6.45, 7) is 9.19.